The molecule has 29 heavy (non-hydrogen) atoms. The maximum Gasteiger partial charge on any atom is 0.390 e. The van der Waals surface area contributed by atoms with Gasteiger partial charge in [-0.15, -0.1) is 0 Å². The standard InChI is InChI=1S/C20H19ClF4N4/c1-11-8-26-5-4-14(11)18-17-9-27-13(7-20(23,24)25)10-29(17)28-19(18)15-3-2-12(21)6-16(15)22/h2-6,11,13,27H,7-10H2,1H3. The average Bonchev–Trinajstić information content (AvgIpc) is 2.99. The van der Waals surface area contributed by atoms with Crippen LogP contribution in [0.15, 0.2) is 29.3 Å². The fraction of sp³-hybridized carbons (Fsp3) is 0.400. The fourth-order valence-corrected chi connectivity index (χ4v) is 4.03. The molecule has 154 valence electrons. The van der Waals surface area contributed by atoms with E-state index >= 15 is 0 Å². The highest BCUT2D eigenvalue weighted by molar-refractivity contribution is 6.30. The predicted molar refractivity (Wildman–Crippen MR) is 104 cm³/mol. The molecule has 2 atom stereocenters. The summed E-state index contributed by atoms with van der Waals surface area (Å²) in [5.41, 5.74) is 3.14. The van der Waals surface area contributed by atoms with Gasteiger partial charge in [-0.1, -0.05) is 18.5 Å². The molecule has 2 aromatic rings. The summed E-state index contributed by atoms with van der Waals surface area (Å²) in [6, 6.07) is 3.56. The molecule has 0 fully saturated rings. The van der Waals surface area contributed by atoms with Crippen LogP contribution in [0.5, 0.6) is 0 Å². The molecule has 2 aliphatic heterocycles. The van der Waals surface area contributed by atoms with Gasteiger partial charge in [0, 0.05) is 47.4 Å². The zero-order valence-corrected chi connectivity index (χ0v) is 16.4. The van der Waals surface area contributed by atoms with E-state index in [0.29, 0.717) is 12.2 Å². The van der Waals surface area contributed by atoms with Crippen LogP contribution in [0.1, 0.15) is 24.6 Å². The predicted octanol–water partition coefficient (Wildman–Crippen LogP) is 4.87. The van der Waals surface area contributed by atoms with E-state index in [1.165, 1.54) is 6.07 Å². The lowest BCUT2D eigenvalue weighted by atomic mass is 9.88. The van der Waals surface area contributed by atoms with Gasteiger partial charge in [0.2, 0.25) is 0 Å². The monoisotopic (exact) mass is 426 g/mol. The van der Waals surface area contributed by atoms with Crippen LogP contribution in [0.3, 0.4) is 0 Å². The van der Waals surface area contributed by atoms with Gasteiger partial charge in [0.05, 0.1) is 18.7 Å². The number of nitrogens with one attached hydrogen (secondary N) is 1. The van der Waals surface area contributed by atoms with Crippen molar-refractivity contribution < 1.29 is 17.6 Å². The summed E-state index contributed by atoms with van der Waals surface area (Å²) in [5.74, 6) is -0.442. The molecule has 1 aromatic heterocycles. The van der Waals surface area contributed by atoms with Crippen molar-refractivity contribution in [2.24, 2.45) is 10.9 Å². The summed E-state index contributed by atoms with van der Waals surface area (Å²) in [5, 5.41) is 7.77. The van der Waals surface area contributed by atoms with Crippen molar-refractivity contribution in [2.75, 3.05) is 6.54 Å². The van der Waals surface area contributed by atoms with E-state index in [2.05, 4.69) is 15.4 Å². The van der Waals surface area contributed by atoms with Crippen molar-refractivity contribution in [3.63, 3.8) is 0 Å². The number of benzene rings is 1. The third kappa shape index (κ3) is 4.09. The summed E-state index contributed by atoms with van der Waals surface area (Å²) in [4.78, 5) is 4.25. The van der Waals surface area contributed by atoms with Gasteiger partial charge in [-0.2, -0.15) is 18.3 Å². The molecular weight excluding hydrogens is 408 g/mol. The lowest BCUT2D eigenvalue weighted by Gasteiger charge is -2.27. The van der Waals surface area contributed by atoms with Crippen molar-refractivity contribution in [3.8, 4) is 11.3 Å². The van der Waals surface area contributed by atoms with E-state index in [9.17, 15) is 17.6 Å². The molecule has 9 heteroatoms. The zero-order chi connectivity index (χ0) is 20.8. The number of nitrogens with zero attached hydrogens (tertiary/aromatic N) is 3. The van der Waals surface area contributed by atoms with Crippen LogP contribution in [0.4, 0.5) is 17.6 Å². The number of fused-ring (bicyclic) bond motifs is 1. The van der Waals surface area contributed by atoms with Crippen molar-refractivity contribution >= 4 is 23.4 Å². The highest BCUT2D eigenvalue weighted by Gasteiger charge is 2.36. The minimum absolute atomic E-state index is 0.0623. The second-order valence-corrected chi connectivity index (χ2v) is 7.85. The summed E-state index contributed by atoms with van der Waals surface area (Å²) in [6.45, 7) is 2.88. The molecular formula is C20H19ClF4N4. The lowest BCUT2D eigenvalue weighted by molar-refractivity contribution is -0.141. The first-order valence-electron chi connectivity index (χ1n) is 9.28. The van der Waals surface area contributed by atoms with Gasteiger partial charge in [0.25, 0.3) is 0 Å². The number of aromatic nitrogens is 2. The van der Waals surface area contributed by atoms with Crippen molar-refractivity contribution in [3.05, 3.63) is 46.4 Å². The maximum atomic E-state index is 14.7. The van der Waals surface area contributed by atoms with E-state index in [1.54, 1.807) is 23.0 Å². The van der Waals surface area contributed by atoms with Crippen LogP contribution in [-0.4, -0.2) is 34.8 Å². The van der Waals surface area contributed by atoms with Crippen LogP contribution >= 0.6 is 11.6 Å². The first-order chi connectivity index (χ1) is 13.7. The van der Waals surface area contributed by atoms with Crippen LogP contribution in [0.25, 0.3) is 16.8 Å². The molecule has 0 saturated carbocycles. The topological polar surface area (TPSA) is 42.2 Å². The number of rotatable bonds is 3. The molecule has 0 saturated heterocycles. The molecule has 0 radical (unpaired) electrons. The van der Waals surface area contributed by atoms with Gasteiger partial charge >= 0.3 is 6.18 Å². The summed E-state index contributed by atoms with van der Waals surface area (Å²) >= 11 is 5.89. The molecule has 0 spiro atoms. The Morgan fingerprint density at radius 3 is 2.79 bits per heavy atom. The highest BCUT2D eigenvalue weighted by atomic mass is 35.5. The molecule has 0 bridgehead atoms. The van der Waals surface area contributed by atoms with E-state index in [1.807, 2.05) is 13.0 Å². The van der Waals surface area contributed by atoms with Gasteiger partial charge in [-0.3, -0.25) is 9.67 Å². The largest absolute Gasteiger partial charge is 0.390 e. The van der Waals surface area contributed by atoms with Gasteiger partial charge in [-0.05, 0) is 29.8 Å². The Balaban J connectivity index is 1.83. The Hall–Kier alpha value is -2.19. The normalized spacial score (nSPS) is 21.8. The number of aliphatic imine (C=N–C) groups is 1. The van der Waals surface area contributed by atoms with E-state index in [4.69, 9.17) is 11.6 Å². The fourth-order valence-electron chi connectivity index (χ4n) is 3.88. The smallest absolute Gasteiger partial charge is 0.306 e. The average molecular weight is 427 g/mol. The third-order valence-corrected chi connectivity index (χ3v) is 5.47. The third-order valence-electron chi connectivity index (χ3n) is 5.23. The molecule has 1 aromatic carbocycles. The second kappa shape index (κ2) is 7.57. The molecule has 2 aliphatic rings. The minimum Gasteiger partial charge on any atom is -0.306 e. The Morgan fingerprint density at radius 1 is 1.31 bits per heavy atom. The zero-order valence-electron chi connectivity index (χ0n) is 15.6. The number of hydrogen-bond acceptors (Lipinski definition) is 3. The first kappa shape index (κ1) is 20.1. The van der Waals surface area contributed by atoms with E-state index in [0.717, 1.165) is 16.8 Å². The van der Waals surface area contributed by atoms with Gasteiger partial charge < -0.3 is 5.32 Å². The van der Waals surface area contributed by atoms with E-state index < -0.39 is 24.5 Å². The minimum atomic E-state index is -4.27. The van der Waals surface area contributed by atoms with Gasteiger partial charge in [-0.25, -0.2) is 4.39 Å². The van der Waals surface area contributed by atoms with Crippen molar-refractivity contribution in [2.45, 2.75) is 38.7 Å². The maximum absolute atomic E-state index is 14.7. The van der Waals surface area contributed by atoms with Crippen LogP contribution < -0.4 is 5.32 Å². The molecule has 4 rings (SSSR count). The number of allylic oxidation sites excluding steroid dienone is 1. The van der Waals surface area contributed by atoms with Crippen LogP contribution in [0, 0.1) is 11.7 Å². The number of hydrogen-bond donors (Lipinski definition) is 1. The molecule has 0 aliphatic carbocycles. The molecule has 3 heterocycles. The summed E-state index contributed by atoms with van der Waals surface area (Å²) < 4.78 is 54.8. The Bertz CT molecular complexity index is 993. The number of halogens is 5. The van der Waals surface area contributed by atoms with Crippen LogP contribution in [-0.2, 0) is 13.1 Å². The van der Waals surface area contributed by atoms with Crippen LogP contribution in [0.2, 0.25) is 5.02 Å². The summed E-state index contributed by atoms with van der Waals surface area (Å²) in [6.07, 6.45) is -1.65. The first-order valence-corrected chi connectivity index (χ1v) is 9.66. The SMILES string of the molecule is CC1CN=CC=C1c1c(-c2ccc(Cl)cc2F)nn2c1CNC(CC(F)(F)F)C2. The molecule has 1 N–H and O–H groups in total. The van der Waals surface area contributed by atoms with Gasteiger partial charge in [0.15, 0.2) is 0 Å². The molecule has 0 amide bonds. The molecule has 2 unspecified atom stereocenters. The Labute approximate surface area is 170 Å². The van der Waals surface area contributed by atoms with Gasteiger partial charge in [0.1, 0.15) is 11.5 Å². The Morgan fingerprint density at radius 2 is 2.10 bits per heavy atom. The lowest BCUT2D eigenvalue weighted by Crippen LogP contribution is -2.42. The van der Waals surface area contributed by atoms with Crippen molar-refractivity contribution in [1.29, 1.82) is 0 Å². The molecule has 4 nitrogen and oxygen atoms in total. The highest BCUT2D eigenvalue weighted by Crippen LogP contribution is 2.39. The van der Waals surface area contributed by atoms with Crippen molar-refractivity contribution in [1.82, 2.24) is 15.1 Å². The number of dihydropyridines is 1. The summed E-state index contributed by atoms with van der Waals surface area (Å²) in [7, 11) is 0. The number of alkyl halides is 3. The Kier molecular flexibility index (Phi) is 5.25. The quantitative estimate of drug-likeness (QED) is 0.711. The van der Waals surface area contributed by atoms with E-state index in [-0.39, 0.29) is 29.6 Å². The second-order valence-electron chi connectivity index (χ2n) is 7.41.